The van der Waals surface area contributed by atoms with E-state index in [1.54, 1.807) is 0 Å². The lowest BCUT2D eigenvalue weighted by Crippen LogP contribution is -2.42. The number of piperidine rings is 1. The molecule has 0 aromatic heterocycles. The summed E-state index contributed by atoms with van der Waals surface area (Å²) < 4.78 is 0. The number of hydrogen-bond donors (Lipinski definition) is 0. The van der Waals surface area contributed by atoms with Gasteiger partial charge >= 0.3 is 0 Å². The molecule has 3 unspecified atom stereocenters. The average Bonchev–Trinajstić information content (AvgIpc) is 1.82. The van der Waals surface area contributed by atoms with Gasteiger partial charge in [0.05, 0.1) is 0 Å². The molecule has 1 aliphatic rings. The second-order valence-electron chi connectivity index (χ2n) is 4.00. The molecule has 1 saturated heterocycles. The molecule has 3 atom stereocenters. The molecule has 0 saturated carbocycles. The highest BCUT2D eigenvalue weighted by Gasteiger charge is 2.25. The first-order chi connectivity index (χ1) is 4.61. The molecule has 60 valence electrons. The molecule has 0 aliphatic carbocycles. The van der Waals surface area contributed by atoms with E-state index in [4.69, 9.17) is 0 Å². The highest BCUT2D eigenvalue weighted by atomic mass is 15.1. The fraction of sp³-hybridized carbons (Fsp3) is 1.00. The van der Waals surface area contributed by atoms with Crippen LogP contribution in [0, 0.1) is 11.8 Å². The van der Waals surface area contributed by atoms with Crippen molar-refractivity contribution in [3.63, 3.8) is 0 Å². The summed E-state index contributed by atoms with van der Waals surface area (Å²) in [7, 11) is 2.23. The molecular formula is C9H19N. The van der Waals surface area contributed by atoms with Crippen LogP contribution in [0.15, 0.2) is 0 Å². The Morgan fingerprint density at radius 2 is 1.80 bits per heavy atom. The number of nitrogens with zero attached hydrogens (tertiary/aromatic N) is 1. The Hall–Kier alpha value is -0.0400. The van der Waals surface area contributed by atoms with Crippen molar-refractivity contribution < 1.29 is 0 Å². The van der Waals surface area contributed by atoms with Crippen molar-refractivity contribution in [2.45, 2.75) is 33.2 Å². The molecule has 1 heteroatoms. The minimum atomic E-state index is 0.788. The van der Waals surface area contributed by atoms with Gasteiger partial charge in [0.15, 0.2) is 0 Å². The first kappa shape index (κ1) is 8.06. The predicted molar refractivity (Wildman–Crippen MR) is 45.0 cm³/mol. The molecule has 0 aromatic rings. The Balaban J connectivity index is 2.49. The zero-order chi connectivity index (χ0) is 7.72. The van der Waals surface area contributed by atoms with Crippen LogP contribution in [0.2, 0.25) is 0 Å². The molecule has 0 aromatic carbocycles. The fourth-order valence-electron chi connectivity index (χ4n) is 2.00. The zero-order valence-electron chi connectivity index (χ0n) is 7.59. The highest BCUT2D eigenvalue weighted by molar-refractivity contribution is 4.79. The van der Waals surface area contributed by atoms with Gasteiger partial charge in [-0.25, -0.2) is 0 Å². The van der Waals surface area contributed by atoms with Crippen LogP contribution in [-0.2, 0) is 0 Å². The van der Waals surface area contributed by atoms with E-state index in [-0.39, 0.29) is 0 Å². The van der Waals surface area contributed by atoms with Crippen molar-refractivity contribution in [2.24, 2.45) is 11.8 Å². The molecule has 1 nitrogen and oxygen atoms in total. The van der Waals surface area contributed by atoms with Crippen LogP contribution in [-0.4, -0.2) is 24.5 Å². The van der Waals surface area contributed by atoms with E-state index in [1.807, 2.05) is 0 Å². The molecule has 0 spiro atoms. The summed E-state index contributed by atoms with van der Waals surface area (Å²) in [4.78, 5) is 2.47. The topological polar surface area (TPSA) is 3.24 Å². The standard InChI is InChI=1S/C9H19N/c1-7-5-8(2)9(3)10(4)6-7/h7-9H,5-6H2,1-4H3. The first-order valence-corrected chi connectivity index (χ1v) is 4.31. The van der Waals surface area contributed by atoms with Crippen molar-refractivity contribution in [3.05, 3.63) is 0 Å². The van der Waals surface area contributed by atoms with Crippen molar-refractivity contribution in [3.8, 4) is 0 Å². The molecule has 10 heavy (non-hydrogen) atoms. The Morgan fingerprint density at radius 3 is 2.30 bits per heavy atom. The third-order valence-electron chi connectivity index (χ3n) is 2.89. The van der Waals surface area contributed by atoms with E-state index in [0.717, 1.165) is 17.9 Å². The van der Waals surface area contributed by atoms with Gasteiger partial charge in [-0.05, 0) is 32.2 Å². The third-order valence-corrected chi connectivity index (χ3v) is 2.89. The predicted octanol–water partition coefficient (Wildman–Crippen LogP) is 1.98. The summed E-state index contributed by atoms with van der Waals surface area (Å²) in [6, 6.07) is 0.788. The molecule has 0 amide bonds. The molecule has 0 N–H and O–H groups in total. The van der Waals surface area contributed by atoms with Gasteiger partial charge in [0.25, 0.3) is 0 Å². The average molecular weight is 141 g/mol. The maximum atomic E-state index is 2.47. The van der Waals surface area contributed by atoms with E-state index in [9.17, 15) is 0 Å². The first-order valence-electron chi connectivity index (χ1n) is 4.31. The van der Waals surface area contributed by atoms with Crippen LogP contribution < -0.4 is 0 Å². The van der Waals surface area contributed by atoms with Crippen molar-refractivity contribution in [1.82, 2.24) is 4.90 Å². The molecule has 1 heterocycles. The monoisotopic (exact) mass is 141 g/mol. The van der Waals surface area contributed by atoms with Crippen LogP contribution in [0.25, 0.3) is 0 Å². The lowest BCUT2D eigenvalue weighted by atomic mass is 9.86. The Bertz CT molecular complexity index is 99.3. The third kappa shape index (κ3) is 1.51. The second-order valence-corrected chi connectivity index (χ2v) is 4.00. The summed E-state index contributed by atoms with van der Waals surface area (Å²) >= 11 is 0. The van der Waals surface area contributed by atoms with Crippen molar-refractivity contribution >= 4 is 0 Å². The summed E-state index contributed by atoms with van der Waals surface area (Å²) in [6.07, 6.45) is 1.41. The van der Waals surface area contributed by atoms with Crippen LogP contribution in [0.4, 0.5) is 0 Å². The summed E-state index contributed by atoms with van der Waals surface area (Å²) in [5.41, 5.74) is 0. The van der Waals surface area contributed by atoms with Gasteiger partial charge in [0.1, 0.15) is 0 Å². The van der Waals surface area contributed by atoms with E-state index in [1.165, 1.54) is 13.0 Å². The Morgan fingerprint density at radius 1 is 1.20 bits per heavy atom. The van der Waals surface area contributed by atoms with Gasteiger partial charge in [-0.2, -0.15) is 0 Å². The molecular weight excluding hydrogens is 122 g/mol. The molecule has 0 bridgehead atoms. The largest absolute Gasteiger partial charge is 0.303 e. The van der Waals surface area contributed by atoms with E-state index >= 15 is 0 Å². The van der Waals surface area contributed by atoms with Crippen molar-refractivity contribution in [2.75, 3.05) is 13.6 Å². The number of rotatable bonds is 0. The normalized spacial score (nSPS) is 43.8. The van der Waals surface area contributed by atoms with Gasteiger partial charge in [-0.3, -0.25) is 0 Å². The van der Waals surface area contributed by atoms with Crippen LogP contribution >= 0.6 is 0 Å². The van der Waals surface area contributed by atoms with Gasteiger partial charge < -0.3 is 4.90 Å². The highest BCUT2D eigenvalue weighted by Crippen LogP contribution is 2.24. The fourth-order valence-corrected chi connectivity index (χ4v) is 2.00. The van der Waals surface area contributed by atoms with Crippen LogP contribution in [0.1, 0.15) is 27.2 Å². The molecule has 1 rings (SSSR count). The van der Waals surface area contributed by atoms with Crippen LogP contribution in [0.3, 0.4) is 0 Å². The summed E-state index contributed by atoms with van der Waals surface area (Å²) in [5.74, 6) is 1.78. The maximum Gasteiger partial charge on any atom is 0.00897 e. The number of likely N-dealkylation sites (tertiary alicyclic amines) is 1. The van der Waals surface area contributed by atoms with Gasteiger partial charge in [0, 0.05) is 12.6 Å². The summed E-state index contributed by atoms with van der Waals surface area (Å²) in [5, 5.41) is 0. The zero-order valence-corrected chi connectivity index (χ0v) is 7.59. The minimum absolute atomic E-state index is 0.788. The Kier molecular flexibility index (Phi) is 2.35. The Labute approximate surface area is 64.4 Å². The smallest absolute Gasteiger partial charge is 0.00897 e. The molecule has 0 radical (unpaired) electrons. The van der Waals surface area contributed by atoms with Crippen LogP contribution in [0.5, 0.6) is 0 Å². The van der Waals surface area contributed by atoms with Gasteiger partial charge in [-0.1, -0.05) is 13.8 Å². The van der Waals surface area contributed by atoms with E-state index < -0.39 is 0 Å². The quantitative estimate of drug-likeness (QED) is 0.498. The van der Waals surface area contributed by atoms with Gasteiger partial charge in [-0.15, -0.1) is 0 Å². The van der Waals surface area contributed by atoms with E-state index in [0.29, 0.717) is 0 Å². The second kappa shape index (κ2) is 2.91. The van der Waals surface area contributed by atoms with Gasteiger partial charge in [0.2, 0.25) is 0 Å². The summed E-state index contributed by atoms with van der Waals surface area (Å²) in [6.45, 7) is 8.32. The molecule has 1 aliphatic heterocycles. The van der Waals surface area contributed by atoms with E-state index in [2.05, 4.69) is 32.7 Å². The maximum absolute atomic E-state index is 2.47. The minimum Gasteiger partial charge on any atom is -0.303 e. The molecule has 1 fully saturated rings. The number of hydrogen-bond acceptors (Lipinski definition) is 1. The van der Waals surface area contributed by atoms with Crippen molar-refractivity contribution in [1.29, 1.82) is 0 Å². The lowest BCUT2D eigenvalue weighted by Gasteiger charge is -2.38. The lowest BCUT2D eigenvalue weighted by molar-refractivity contribution is 0.106. The SMILES string of the molecule is CC1CC(C)C(C)N(C)C1.